The molecule has 6 nitrogen and oxygen atoms in total. The van der Waals surface area contributed by atoms with Gasteiger partial charge in [0.15, 0.2) is 5.96 Å². The molecule has 8 heteroatoms. The molecule has 0 unspecified atom stereocenters. The molecule has 0 saturated heterocycles. The van der Waals surface area contributed by atoms with Crippen LogP contribution >= 0.6 is 0 Å². The number of rotatable bonds is 6. The summed E-state index contributed by atoms with van der Waals surface area (Å²) in [4.78, 5) is 4.27. The lowest BCUT2D eigenvalue weighted by atomic mass is 10.1. The van der Waals surface area contributed by atoms with E-state index in [4.69, 9.17) is 5.14 Å². The molecule has 0 radical (unpaired) electrons. The minimum atomic E-state index is -3.51. The maximum atomic E-state index is 13.4. The molecule has 0 saturated carbocycles. The molecule has 0 atom stereocenters. The fourth-order valence-corrected chi connectivity index (χ4v) is 1.95. The molecule has 0 aliphatic carbocycles. The standard InChI is InChI=1S/C13H21FN4O2S/c1-3-16-13(17-6-7-21(15,19)20)18-9-11-5-4-10(2)12(14)8-11/h4-5,8H,3,6-7,9H2,1-2H3,(H2,15,19,20)(H2,16,17,18). The van der Waals surface area contributed by atoms with Crippen LogP contribution in [0.15, 0.2) is 23.2 Å². The summed E-state index contributed by atoms with van der Waals surface area (Å²) in [6, 6.07) is 4.93. The third-order valence-electron chi connectivity index (χ3n) is 2.68. The van der Waals surface area contributed by atoms with Crippen LogP contribution in [-0.2, 0) is 16.6 Å². The van der Waals surface area contributed by atoms with E-state index in [1.54, 1.807) is 19.1 Å². The van der Waals surface area contributed by atoms with E-state index in [2.05, 4.69) is 15.6 Å². The summed E-state index contributed by atoms with van der Waals surface area (Å²) in [5, 5.41) is 10.8. The number of primary sulfonamides is 1. The highest BCUT2D eigenvalue weighted by Gasteiger charge is 2.04. The number of halogens is 1. The minimum absolute atomic E-state index is 0.160. The van der Waals surface area contributed by atoms with Gasteiger partial charge in [0.05, 0.1) is 12.3 Å². The van der Waals surface area contributed by atoms with Gasteiger partial charge in [-0.3, -0.25) is 0 Å². The van der Waals surface area contributed by atoms with Crippen molar-refractivity contribution in [3.05, 3.63) is 35.1 Å². The molecule has 1 rings (SSSR count). The van der Waals surface area contributed by atoms with Crippen molar-refractivity contribution in [3.8, 4) is 0 Å². The molecule has 0 spiro atoms. The van der Waals surface area contributed by atoms with Crippen molar-refractivity contribution in [2.45, 2.75) is 20.4 Å². The summed E-state index contributed by atoms with van der Waals surface area (Å²) in [6.07, 6.45) is 0. The van der Waals surface area contributed by atoms with E-state index in [0.29, 0.717) is 24.6 Å². The second-order valence-corrected chi connectivity index (χ2v) is 6.31. The maximum Gasteiger partial charge on any atom is 0.210 e. The first-order valence-corrected chi connectivity index (χ1v) is 8.31. The van der Waals surface area contributed by atoms with Crippen molar-refractivity contribution in [1.29, 1.82) is 0 Å². The largest absolute Gasteiger partial charge is 0.357 e. The van der Waals surface area contributed by atoms with Crippen LogP contribution in [0.3, 0.4) is 0 Å². The Morgan fingerprint density at radius 1 is 1.38 bits per heavy atom. The number of nitrogens with two attached hydrogens (primary N) is 1. The second-order valence-electron chi connectivity index (χ2n) is 4.57. The maximum absolute atomic E-state index is 13.4. The van der Waals surface area contributed by atoms with Crippen LogP contribution in [0.2, 0.25) is 0 Å². The van der Waals surface area contributed by atoms with E-state index in [1.165, 1.54) is 6.07 Å². The first-order valence-electron chi connectivity index (χ1n) is 6.59. The van der Waals surface area contributed by atoms with E-state index in [0.717, 1.165) is 5.56 Å². The van der Waals surface area contributed by atoms with Crippen molar-refractivity contribution in [2.24, 2.45) is 10.1 Å². The first kappa shape index (κ1) is 17.4. The molecule has 1 aromatic carbocycles. The lowest BCUT2D eigenvalue weighted by molar-refractivity contribution is 0.596. The van der Waals surface area contributed by atoms with E-state index >= 15 is 0 Å². The van der Waals surface area contributed by atoms with E-state index in [1.807, 2.05) is 6.92 Å². The quantitative estimate of drug-likeness (QED) is 0.525. The van der Waals surface area contributed by atoms with Crippen molar-refractivity contribution < 1.29 is 12.8 Å². The van der Waals surface area contributed by atoms with Crippen molar-refractivity contribution in [3.63, 3.8) is 0 Å². The monoisotopic (exact) mass is 316 g/mol. The third kappa shape index (κ3) is 7.05. The Balaban J connectivity index is 2.64. The number of hydrogen-bond acceptors (Lipinski definition) is 3. The Labute approximate surface area is 124 Å². The topological polar surface area (TPSA) is 96.6 Å². The molecule has 21 heavy (non-hydrogen) atoms. The Hall–Kier alpha value is -1.67. The van der Waals surface area contributed by atoms with E-state index in [-0.39, 0.29) is 18.1 Å². The number of benzene rings is 1. The van der Waals surface area contributed by atoms with Crippen molar-refractivity contribution >= 4 is 16.0 Å². The van der Waals surface area contributed by atoms with Crippen LogP contribution in [0.1, 0.15) is 18.1 Å². The third-order valence-corrected chi connectivity index (χ3v) is 3.45. The van der Waals surface area contributed by atoms with Crippen LogP contribution in [-0.4, -0.2) is 33.2 Å². The summed E-state index contributed by atoms with van der Waals surface area (Å²) >= 11 is 0. The number of hydrogen-bond donors (Lipinski definition) is 3. The van der Waals surface area contributed by atoms with E-state index < -0.39 is 10.0 Å². The molecule has 0 fully saturated rings. The smallest absolute Gasteiger partial charge is 0.210 e. The zero-order valence-corrected chi connectivity index (χ0v) is 13.0. The van der Waals surface area contributed by atoms with Gasteiger partial charge in [0.2, 0.25) is 10.0 Å². The van der Waals surface area contributed by atoms with Gasteiger partial charge in [0.25, 0.3) is 0 Å². The molecule has 0 bridgehead atoms. The minimum Gasteiger partial charge on any atom is -0.357 e. The van der Waals surface area contributed by atoms with Crippen LogP contribution in [0.5, 0.6) is 0 Å². The van der Waals surface area contributed by atoms with Crippen LogP contribution < -0.4 is 15.8 Å². The molecule has 0 aromatic heterocycles. The highest BCUT2D eigenvalue weighted by molar-refractivity contribution is 7.89. The Morgan fingerprint density at radius 3 is 2.67 bits per heavy atom. The lowest BCUT2D eigenvalue weighted by Gasteiger charge is -2.10. The Bertz CT molecular complexity index is 602. The number of nitrogens with zero attached hydrogens (tertiary/aromatic N) is 1. The highest BCUT2D eigenvalue weighted by atomic mass is 32.2. The lowest BCUT2D eigenvalue weighted by Crippen LogP contribution is -2.40. The van der Waals surface area contributed by atoms with Gasteiger partial charge < -0.3 is 10.6 Å². The van der Waals surface area contributed by atoms with Crippen molar-refractivity contribution in [1.82, 2.24) is 10.6 Å². The van der Waals surface area contributed by atoms with Crippen LogP contribution in [0.25, 0.3) is 0 Å². The summed E-state index contributed by atoms with van der Waals surface area (Å²) < 4.78 is 35.1. The van der Waals surface area contributed by atoms with Gasteiger partial charge in [0, 0.05) is 13.1 Å². The molecule has 0 aliphatic rings. The van der Waals surface area contributed by atoms with Gasteiger partial charge in [-0.1, -0.05) is 12.1 Å². The number of aliphatic imine (C=N–C) groups is 1. The van der Waals surface area contributed by atoms with Crippen LogP contribution in [0, 0.1) is 12.7 Å². The number of aryl methyl sites for hydroxylation is 1. The predicted octanol–water partition coefficient (Wildman–Crippen LogP) is 0.478. The molecule has 118 valence electrons. The Morgan fingerprint density at radius 2 is 2.10 bits per heavy atom. The average Bonchev–Trinajstić information content (AvgIpc) is 2.38. The van der Waals surface area contributed by atoms with Crippen LogP contribution in [0.4, 0.5) is 4.39 Å². The molecule has 0 aliphatic heterocycles. The zero-order valence-electron chi connectivity index (χ0n) is 12.2. The molecular weight excluding hydrogens is 295 g/mol. The normalized spacial score (nSPS) is 12.3. The number of sulfonamides is 1. The van der Waals surface area contributed by atoms with Gasteiger partial charge >= 0.3 is 0 Å². The fourth-order valence-electron chi connectivity index (χ4n) is 1.56. The SMILES string of the molecule is CCNC(=NCc1ccc(C)c(F)c1)NCCS(N)(=O)=O. The van der Waals surface area contributed by atoms with Gasteiger partial charge in [-0.15, -0.1) is 0 Å². The van der Waals surface area contributed by atoms with Gasteiger partial charge in [-0.25, -0.2) is 22.9 Å². The summed E-state index contributed by atoms with van der Waals surface area (Å²) in [5.41, 5.74) is 1.32. The summed E-state index contributed by atoms with van der Waals surface area (Å²) in [6.45, 7) is 4.67. The number of nitrogens with one attached hydrogen (secondary N) is 2. The van der Waals surface area contributed by atoms with E-state index in [9.17, 15) is 12.8 Å². The summed E-state index contributed by atoms with van der Waals surface area (Å²) in [5.74, 6) is 0.00773. The molecular formula is C13H21FN4O2S. The molecule has 0 amide bonds. The Kier molecular flexibility index (Phi) is 6.57. The van der Waals surface area contributed by atoms with Gasteiger partial charge in [-0.05, 0) is 31.0 Å². The molecule has 0 heterocycles. The second kappa shape index (κ2) is 7.94. The first-order chi connectivity index (χ1) is 9.81. The zero-order chi connectivity index (χ0) is 15.9. The highest BCUT2D eigenvalue weighted by Crippen LogP contribution is 2.09. The average molecular weight is 316 g/mol. The predicted molar refractivity (Wildman–Crippen MR) is 81.9 cm³/mol. The fraction of sp³-hybridized carbons (Fsp3) is 0.462. The van der Waals surface area contributed by atoms with Crippen molar-refractivity contribution in [2.75, 3.05) is 18.8 Å². The molecule has 4 N–H and O–H groups in total. The van der Waals surface area contributed by atoms with Gasteiger partial charge in [-0.2, -0.15) is 0 Å². The summed E-state index contributed by atoms with van der Waals surface area (Å²) in [7, 11) is -3.51. The number of guanidine groups is 1. The molecule has 1 aromatic rings. The van der Waals surface area contributed by atoms with Gasteiger partial charge in [0.1, 0.15) is 5.82 Å².